The number of amides is 1. The minimum atomic E-state index is -0.0726. The van der Waals surface area contributed by atoms with Gasteiger partial charge < -0.3 is 10.6 Å². The summed E-state index contributed by atoms with van der Waals surface area (Å²) in [6, 6.07) is 7.70. The van der Waals surface area contributed by atoms with E-state index >= 15 is 0 Å². The fraction of sp³-hybridized carbons (Fsp3) is 0.308. The number of carbonyl (C=O) groups excluding carboxylic acids is 1. The molecule has 1 aromatic carbocycles. The molecule has 1 amide bonds. The smallest absolute Gasteiger partial charge is 0.221 e. The van der Waals surface area contributed by atoms with Gasteiger partial charge >= 0.3 is 0 Å². The van der Waals surface area contributed by atoms with E-state index in [9.17, 15) is 4.79 Å². The molecule has 100 valence electrons. The van der Waals surface area contributed by atoms with Crippen LogP contribution >= 0.6 is 11.3 Å². The van der Waals surface area contributed by atoms with E-state index < -0.39 is 0 Å². The zero-order chi connectivity index (χ0) is 13.7. The fourth-order valence-electron chi connectivity index (χ4n) is 1.62. The third-order valence-electron chi connectivity index (χ3n) is 2.53. The maximum atomic E-state index is 11.1. The van der Waals surface area contributed by atoms with E-state index in [2.05, 4.69) is 27.8 Å². The molecular weight excluding hydrogens is 260 g/mol. The van der Waals surface area contributed by atoms with Gasteiger partial charge in [-0.05, 0) is 18.1 Å². The molecule has 0 spiro atoms. The maximum Gasteiger partial charge on any atom is 0.221 e. The second-order valence-electron chi connectivity index (χ2n) is 4.05. The van der Waals surface area contributed by atoms with Crippen molar-refractivity contribution in [3.05, 3.63) is 34.8 Å². The number of nitrogens with zero attached hydrogens (tertiary/aromatic N) is 2. The second kappa shape index (κ2) is 6.29. The first-order valence-electron chi connectivity index (χ1n) is 6.10. The van der Waals surface area contributed by atoms with Crippen molar-refractivity contribution < 1.29 is 4.79 Å². The molecule has 0 radical (unpaired) electrons. The van der Waals surface area contributed by atoms with E-state index in [0.29, 0.717) is 6.54 Å². The Morgan fingerprint density at radius 2 is 2.11 bits per heavy atom. The molecule has 0 saturated carbocycles. The van der Waals surface area contributed by atoms with Crippen molar-refractivity contribution in [2.45, 2.75) is 26.8 Å². The first-order chi connectivity index (χ1) is 9.19. The predicted molar refractivity (Wildman–Crippen MR) is 77.4 cm³/mol. The SMILES string of the molecule is CCc1nnc(NCc2ccccc2NC(C)=O)s1. The van der Waals surface area contributed by atoms with Gasteiger partial charge in [-0.1, -0.05) is 36.5 Å². The summed E-state index contributed by atoms with van der Waals surface area (Å²) in [6.45, 7) is 4.16. The molecule has 5 nitrogen and oxygen atoms in total. The van der Waals surface area contributed by atoms with Gasteiger partial charge in [0.05, 0.1) is 0 Å². The third-order valence-corrected chi connectivity index (χ3v) is 3.55. The lowest BCUT2D eigenvalue weighted by Crippen LogP contribution is -2.10. The Morgan fingerprint density at radius 3 is 2.79 bits per heavy atom. The molecule has 0 saturated heterocycles. The minimum Gasteiger partial charge on any atom is -0.356 e. The van der Waals surface area contributed by atoms with E-state index in [1.165, 1.54) is 6.92 Å². The van der Waals surface area contributed by atoms with Gasteiger partial charge in [-0.3, -0.25) is 4.79 Å². The molecule has 0 aliphatic heterocycles. The molecule has 0 aliphatic carbocycles. The summed E-state index contributed by atoms with van der Waals surface area (Å²) < 4.78 is 0. The summed E-state index contributed by atoms with van der Waals surface area (Å²) in [5.74, 6) is -0.0726. The highest BCUT2D eigenvalue weighted by Gasteiger charge is 2.05. The standard InChI is InChI=1S/C13H16N4OS/c1-3-12-16-17-13(19-12)14-8-10-6-4-5-7-11(10)15-9(2)18/h4-7H,3,8H2,1-2H3,(H,14,17)(H,15,18). The third kappa shape index (κ3) is 3.75. The lowest BCUT2D eigenvalue weighted by molar-refractivity contribution is -0.114. The number of para-hydroxylation sites is 1. The Kier molecular flexibility index (Phi) is 4.46. The molecule has 2 rings (SSSR count). The van der Waals surface area contributed by atoms with Gasteiger partial charge in [0.2, 0.25) is 11.0 Å². The monoisotopic (exact) mass is 276 g/mol. The highest BCUT2D eigenvalue weighted by molar-refractivity contribution is 7.15. The Hall–Kier alpha value is -1.95. The molecule has 2 N–H and O–H groups in total. The van der Waals surface area contributed by atoms with Gasteiger partial charge in [0.1, 0.15) is 5.01 Å². The van der Waals surface area contributed by atoms with Crippen LogP contribution in [0.4, 0.5) is 10.8 Å². The van der Waals surface area contributed by atoms with Crippen LogP contribution in [0.1, 0.15) is 24.4 Å². The molecular formula is C13H16N4OS. The number of nitrogens with one attached hydrogen (secondary N) is 2. The molecule has 0 atom stereocenters. The average molecular weight is 276 g/mol. The Morgan fingerprint density at radius 1 is 1.32 bits per heavy atom. The molecule has 19 heavy (non-hydrogen) atoms. The van der Waals surface area contributed by atoms with E-state index in [4.69, 9.17) is 0 Å². The number of hydrogen-bond donors (Lipinski definition) is 2. The van der Waals surface area contributed by atoms with Crippen molar-refractivity contribution in [3.63, 3.8) is 0 Å². The van der Waals surface area contributed by atoms with Crippen LogP contribution in [-0.4, -0.2) is 16.1 Å². The molecule has 0 aliphatic rings. The number of aromatic nitrogens is 2. The Bertz CT molecular complexity index is 567. The summed E-state index contributed by atoms with van der Waals surface area (Å²) in [5.41, 5.74) is 1.84. The quantitative estimate of drug-likeness (QED) is 0.881. The predicted octanol–water partition coefficient (Wildman–Crippen LogP) is 2.67. The highest BCUT2D eigenvalue weighted by Crippen LogP contribution is 2.19. The fourth-order valence-corrected chi connectivity index (χ4v) is 2.30. The summed E-state index contributed by atoms with van der Waals surface area (Å²) in [5, 5.41) is 16.0. The van der Waals surface area contributed by atoms with Crippen molar-refractivity contribution >= 4 is 28.1 Å². The Labute approximate surface area is 116 Å². The van der Waals surface area contributed by atoms with Crippen LogP contribution in [0, 0.1) is 0 Å². The topological polar surface area (TPSA) is 66.9 Å². The molecule has 6 heteroatoms. The van der Waals surface area contributed by atoms with Crippen LogP contribution in [0.15, 0.2) is 24.3 Å². The summed E-state index contributed by atoms with van der Waals surface area (Å²) in [4.78, 5) is 11.1. The largest absolute Gasteiger partial charge is 0.356 e. The summed E-state index contributed by atoms with van der Waals surface area (Å²) >= 11 is 1.55. The number of hydrogen-bond acceptors (Lipinski definition) is 5. The van der Waals surface area contributed by atoms with Gasteiger partial charge in [-0.15, -0.1) is 10.2 Å². The number of aryl methyl sites for hydroxylation is 1. The molecule has 0 fully saturated rings. The van der Waals surface area contributed by atoms with Crippen LogP contribution in [0.2, 0.25) is 0 Å². The molecule has 1 aromatic heterocycles. The average Bonchev–Trinajstić information content (AvgIpc) is 2.85. The lowest BCUT2D eigenvalue weighted by atomic mass is 10.2. The van der Waals surface area contributed by atoms with E-state index in [-0.39, 0.29) is 5.91 Å². The van der Waals surface area contributed by atoms with Crippen LogP contribution < -0.4 is 10.6 Å². The van der Waals surface area contributed by atoms with Gasteiger partial charge in [-0.2, -0.15) is 0 Å². The Balaban J connectivity index is 2.04. The van der Waals surface area contributed by atoms with E-state index in [1.54, 1.807) is 11.3 Å². The van der Waals surface area contributed by atoms with Crippen LogP contribution in [-0.2, 0) is 17.8 Å². The molecule has 1 heterocycles. The minimum absolute atomic E-state index is 0.0726. The zero-order valence-electron chi connectivity index (χ0n) is 10.9. The first-order valence-corrected chi connectivity index (χ1v) is 6.92. The second-order valence-corrected chi connectivity index (χ2v) is 5.11. The van der Waals surface area contributed by atoms with Crippen LogP contribution in [0.25, 0.3) is 0 Å². The van der Waals surface area contributed by atoms with Crippen molar-refractivity contribution in [2.75, 3.05) is 10.6 Å². The molecule has 0 unspecified atom stereocenters. The van der Waals surface area contributed by atoms with Crippen molar-refractivity contribution in [1.29, 1.82) is 0 Å². The van der Waals surface area contributed by atoms with Crippen molar-refractivity contribution in [2.24, 2.45) is 0 Å². The number of rotatable bonds is 5. The zero-order valence-corrected chi connectivity index (χ0v) is 11.8. The van der Waals surface area contributed by atoms with Crippen LogP contribution in [0.5, 0.6) is 0 Å². The van der Waals surface area contributed by atoms with Crippen molar-refractivity contribution in [1.82, 2.24) is 10.2 Å². The van der Waals surface area contributed by atoms with Crippen molar-refractivity contribution in [3.8, 4) is 0 Å². The summed E-state index contributed by atoms with van der Waals surface area (Å²) in [6.07, 6.45) is 0.891. The van der Waals surface area contributed by atoms with E-state index in [0.717, 1.165) is 27.8 Å². The lowest BCUT2D eigenvalue weighted by Gasteiger charge is -2.09. The van der Waals surface area contributed by atoms with E-state index in [1.807, 2.05) is 24.3 Å². The van der Waals surface area contributed by atoms with Gasteiger partial charge in [0.25, 0.3) is 0 Å². The molecule has 0 bridgehead atoms. The number of benzene rings is 1. The normalized spacial score (nSPS) is 10.2. The van der Waals surface area contributed by atoms with Gasteiger partial charge in [0.15, 0.2) is 0 Å². The van der Waals surface area contributed by atoms with Gasteiger partial charge in [0, 0.05) is 19.2 Å². The maximum absolute atomic E-state index is 11.1. The first kappa shape index (κ1) is 13.5. The number of carbonyl (C=O) groups is 1. The van der Waals surface area contributed by atoms with Crippen LogP contribution in [0.3, 0.4) is 0 Å². The highest BCUT2D eigenvalue weighted by atomic mass is 32.1. The molecule has 2 aromatic rings. The number of anilines is 2. The summed E-state index contributed by atoms with van der Waals surface area (Å²) in [7, 11) is 0. The van der Waals surface area contributed by atoms with Gasteiger partial charge in [-0.25, -0.2) is 0 Å².